The van der Waals surface area contributed by atoms with Crippen LogP contribution in [0.2, 0.25) is 0 Å². The van der Waals surface area contributed by atoms with Crippen molar-refractivity contribution in [3.63, 3.8) is 0 Å². The second-order valence-electron chi connectivity index (χ2n) is 5.54. The summed E-state index contributed by atoms with van der Waals surface area (Å²) in [4.78, 5) is 22.6. The largest absolute Gasteiger partial charge is 0.345 e. The minimum Gasteiger partial charge on any atom is -0.345 e. The van der Waals surface area contributed by atoms with Gasteiger partial charge in [0.2, 0.25) is 0 Å². The molecule has 3 N–H and O–H groups in total. The summed E-state index contributed by atoms with van der Waals surface area (Å²) in [5, 5.41) is 13.7. The highest BCUT2D eigenvalue weighted by molar-refractivity contribution is 5.95. The van der Waals surface area contributed by atoms with Crippen LogP contribution in [0.3, 0.4) is 0 Å². The number of hydrogen-bond acceptors (Lipinski definition) is 4. The van der Waals surface area contributed by atoms with Crippen molar-refractivity contribution in [2.24, 2.45) is 11.7 Å². The maximum Gasteiger partial charge on any atom is 0.270 e. The topological polar surface area (TPSA) is 98.3 Å². The summed E-state index contributed by atoms with van der Waals surface area (Å²) in [6.45, 7) is 7.80. The van der Waals surface area contributed by atoms with Gasteiger partial charge in [-0.15, -0.1) is 0 Å². The summed E-state index contributed by atoms with van der Waals surface area (Å²) in [5.74, 6) is -0.199. The maximum atomic E-state index is 12.3. The van der Waals surface area contributed by atoms with Gasteiger partial charge in [-0.25, -0.2) is 0 Å². The van der Waals surface area contributed by atoms with Gasteiger partial charge in [0.05, 0.1) is 10.5 Å². The van der Waals surface area contributed by atoms with E-state index < -0.39 is 10.5 Å². The van der Waals surface area contributed by atoms with Crippen LogP contribution in [0.15, 0.2) is 18.2 Å². The molecular weight excluding hydrogens is 258 g/mol. The zero-order chi connectivity index (χ0) is 15.5. The van der Waals surface area contributed by atoms with Crippen molar-refractivity contribution >= 4 is 11.6 Å². The minimum atomic E-state index is -0.546. The predicted molar refractivity (Wildman–Crippen MR) is 77.6 cm³/mol. The van der Waals surface area contributed by atoms with E-state index in [1.165, 1.54) is 12.1 Å². The van der Waals surface area contributed by atoms with Gasteiger partial charge in [-0.3, -0.25) is 14.9 Å². The Morgan fingerprint density at radius 2 is 2.05 bits per heavy atom. The van der Waals surface area contributed by atoms with E-state index in [2.05, 4.69) is 5.32 Å². The molecule has 6 heteroatoms. The van der Waals surface area contributed by atoms with Gasteiger partial charge in [0, 0.05) is 24.2 Å². The highest BCUT2D eigenvalue weighted by atomic mass is 16.6. The number of benzene rings is 1. The Labute approximate surface area is 118 Å². The zero-order valence-corrected chi connectivity index (χ0v) is 12.3. The summed E-state index contributed by atoms with van der Waals surface area (Å²) in [7, 11) is 0. The first-order valence-corrected chi connectivity index (χ1v) is 6.48. The van der Waals surface area contributed by atoms with E-state index in [0.29, 0.717) is 12.1 Å². The molecule has 1 unspecified atom stereocenters. The van der Waals surface area contributed by atoms with Crippen molar-refractivity contribution in [2.45, 2.75) is 33.2 Å². The third kappa shape index (κ3) is 3.54. The number of carbonyl (C=O) groups excluding carboxylic acids is 1. The lowest BCUT2D eigenvalue weighted by Gasteiger charge is -2.33. The SMILES string of the molecule is Cc1cc(C(=O)NC(C)(CN)C(C)C)cc([N+](=O)[O-])c1. The maximum absolute atomic E-state index is 12.3. The fraction of sp³-hybridized carbons (Fsp3) is 0.500. The molecule has 20 heavy (non-hydrogen) atoms. The molecule has 0 aromatic heterocycles. The van der Waals surface area contributed by atoms with Gasteiger partial charge in [0.15, 0.2) is 0 Å². The van der Waals surface area contributed by atoms with Gasteiger partial charge >= 0.3 is 0 Å². The van der Waals surface area contributed by atoms with Crippen molar-refractivity contribution in [1.29, 1.82) is 0 Å². The molecule has 0 saturated heterocycles. The number of nitrogens with two attached hydrogens (primary N) is 1. The monoisotopic (exact) mass is 279 g/mol. The molecule has 0 aliphatic rings. The number of carbonyl (C=O) groups is 1. The summed E-state index contributed by atoms with van der Waals surface area (Å²) in [5.41, 5.74) is 6.03. The van der Waals surface area contributed by atoms with Crippen LogP contribution < -0.4 is 11.1 Å². The van der Waals surface area contributed by atoms with Crippen LogP contribution in [0.4, 0.5) is 5.69 Å². The third-order valence-electron chi connectivity index (χ3n) is 3.63. The van der Waals surface area contributed by atoms with Gasteiger partial charge in [0.1, 0.15) is 0 Å². The summed E-state index contributed by atoms with van der Waals surface area (Å²) < 4.78 is 0. The van der Waals surface area contributed by atoms with Crippen LogP contribution in [0.25, 0.3) is 0 Å². The fourth-order valence-electron chi connectivity index (χ4n) is 1.76. The van der Waals surface area contributed by atoms with Gasteiger partial charge in [-0.1, -0.05) is 13.8 Å². The van der Waals surface area contributed by atoms with Crippen LogP contribution in [0, 0.1) is 23.0 Å². The standard InChI is InChI=1S/C14H21N3O3/c1-9(2)14(4,8-15)16-13(18)11-5-10(3)6-12(7-11)17(19)20/h5-7,9H,8,15H2,1-4H3,(H,16,18). The van der Waals surface area contributed by atoms with Gasteiger partial charge < -0.3 is 11.1 Å². The summed E-state index contributed by atoms with van der Waals surface area (Å²) in [6, 6.07) is 4.33. The Balaban J connectivity index is 3.07. The van der Waals surface area contributed by atoms with E-state index in [4.69, 9.17) is 5.73 Å². The molecule has 1 aromatic rings. The van der Waals surface area contributed by atoms with E-state index in [1.54, 1.807) is 13.0 Å². The predicted octanol–water partition coefficient (Wildman–Crippen LogP) is 2.01. The van der Waals surface area contributed by atoms with E-state index >= 15 is 0 Å². The second kappa shape index (κ2) is 6.00. The molecule has 0 aliphatic carbocycles. The first-order chi connectivity index (χ1) is 9.19. The van der Waals surface area contributed by atoms with Crippen LogP contribution in [-0.4, -0.2) is 22.9 Å². The first-order valence-electron chi connectivity index (χ1n) is 6.48. The molecule has 110 valence electrons. The molecule has 6 nitrogen and oxygen atoms in total. The first kappa shape index (κ1) is 16.1. The normalized spacial score (nSPS) is 13.9. The lowest BCUT2D eigenvalue weighted by Crippen LogP contribution is -2.55. The number of nitrogens with one attached hydrogen (secondary N) is 1. The Bertz CT molecular complexity index is 528. The summed E-state index contributed by atoms with van der Waals surface area (Å²) >= 11 is 0. The van der Waals surface area contributed by atoms with Crippen LogP contribution in [0.5, 0.6) is 0 Å². The van der Waals surface area contributed by atoms with E-state index in [1.807, 2.05) is 20.8 Å². The molecule has 0 radical (unpaired) electrons. The number of nitrogens with zero attached hydrogens (tertiary/aromatic N) is 1. The Hall–Kier alpha value is -1.95. The molecule has 1 aromatic carbocycles. The van der Waals surface area contributed by atoms with Crippen molar-refractivity contribution < 1.29 is 9.72 Å². The van der Waals surface area contributed by atoms with Crippen LogP contribution >= 0.6 is 0 Å². The molecule has 0 spiro atoms. The number of non-ortho nitro benzene ring substituents is 1. The Kier molecular flexibility index (Phi) is 4.83. The molecule has 0 aliphatic heterocycles. The molecule has 1 rings (SSSR count). The lowest BCUT2D eigenvalue weighted by atomic mass is 9.88. The van der Waals surface area contributed by atoms with Gasteiger partial charge in [-0.05, 0) is 31.4 Å². The molecule has 1 atom stereocenters. The number of aryl methyl sites for hydroxylation is 1. The summed E-state index contributed by atoms with van der Waals surface area (Å²) in [6.07, 6.45) is 0. The van der Waals surface area contributed by atoms with E-state index in [9.17, 15) is 14.9 Å². The number of rotatable bonds is 5. The highest BCUT2D eigenvalue weighted by Gasteiger charge is 2.29. The van der Waals surface area contributed by atoms with E-state index in [0.717, 1.165) is 0 Å². The average molecular weight is 279 g/mol. The molecule has 1 amide bonds. The van der Waals surface area contributed by atoms with Crippen molar-refractivity contribution in [2.75, 3.05) is 6.54 Å². The molecule has 0 bridgehead atoms. The van der Waals surface area contributed by atoms with Crippen molar-refractivity contribution in [3.05, 3.63) is 39.4 Å². The zero-order valence-electron chi connectivity index (χ0n) is 12.3. The Morgan fingerprint density at radius 3 is 2.50 bits per heavy atom. The number of hydrogen-bond donors (Lipinski definition) is 2. The average Bonchev–Trinajstić information content (AvgIpc) is 2.37. The highest BCUT2D eigenvalue weighted by Crippen LogP contribution is 2.19. The minimum absolute atomic E-state index is 0.0888. The number of nitro benzene ring substituents is 1. The molecule has 0 fully saturated rings. The quantitative estimate of drug-likeness (QED) is 0.636. The van der Waals surface area contributed by atoms with Crippen molar-refractivity contribution in [1.82, 2.24) is 5.32 Å². The molecular formula is C14H21N3O3. The number of amides is 1. The smallest absolute Gasteiger partial charge is 0.270 e. The van der Waals surface area contributed by atoms with Crippen LogP contribution in [-0.2, 0) is 0 Å². The third-order valence-corrected chi connectivity index (χ3v) is 3.63. The van der Waals surface area contributed by atoms with Gasteiger partial charge in [-0.2, -0.15) is 0 Å². The molecule has 0 saturated carbocycles. The second-order valence-corrected chi connectivity index (χ2v) is 5.54. The van der Waals surface area contributed by atoms with E-state index in [-0.39, 0.29) is 23.1 Å². The van der Waals surface area contributed by atoms with Crippen molar-refractivity contribution in [3.8, 4) is 0 Å². The molecule has 0 heterocycles. The van der Waals surface area contributed by atoms with Crippen LogP contribution in [0.1, 0.15) is 36.7 Å². The Morgan fingerprint density at radius 1 is 1.45 bits per heavy atom. The fourth-order valence-corrected chi connectivity index (χ4v) is 1.76. The van der Waals surface area contributed by atoms with Gasteiger partial charge in [0.25, 0.3) is 11.6 Å². The lowest BCUT2D eigenvalue weighted by molar-refractivity contribution is -0.384. The number of nitro groups is 1.